The number of halogens is 3. The van der Waals surface area contributed by atoms with Crippen molar-refractivity contribution in [3.05, 3.63) is 40.0 Å². The van der Waals surface area contributed by atoms with E-state index < -0.39 is 23.2 Å². The Bertz CT molecular complexity index is 979. The van der Waals surface area contributed by atoms with Gasteiger partial charge >= 0.3 is 6.18 Å². The molecule has 2 aliphatic heterocycles. The molecule has 4 rings (SSSR count). The Morgan fingerprint density at radius 3 is 2.90 bits per heavy atom. The third kappa shape index (κ3) is 4.03. The van der Waals surface area contributed by atoms with Gasteiger partial charge in [-0.15, -0.1) is 11.3 Å². The van der Waals surface area contributed by atoms with Gasteiger partial charge in [-0.2, -0.15) is 13.2 Å². The van der Waals surface area contributed by atoms with Crippen molar-refractivity contribution in [2.24, 2.45) is 16.6 Å². The second-order valence-electron chi connectivity index (χ2n) is 7.16. The van der Waals surface area contributed by atoms with E-state index in [0.717, 1.165) is 24.3 Å². The zero-order valence-corrected chi connectivity index (χ0v) is 17.4. The maximum atomic E-state index is 12.7. The number of aromatic nitrogens is 2. The maximum absolute atomic E-state index is 12.7. The molecule has 7 nitrogen and oxygen atoms in total. The Morgan fingerprint density at radius 1 is 1.40 bits per heavy atom. The van der Waals surface area contributed by atoms with E-state index in [1.807, 2.05) is 6.92 Å². The minimum Gasteiger partial charge on any atom is -0.379 e. The zero-order valence-electron chi connectivity index (χ0n) is 15.8. The summed E-state index contributed by atoms with van der Waals surface area (Å²) in [4.78, 5) is 25.2. The number of fused-ring (bicyclic) bond motifs is 1. The number of ether oxygens (including phenoxy) is 1. The summed E-state index contributed by atoms with van der Waals surface area (Å²) in [5.74, 6) is 0.635. The topological polar surface area (TPSA) is 102 Å². The van der Waals surface area contributed by atoms with Gasteiger partial charge in [0.15, 0.2) is 5.17 Å². The van der Waals surface area contributed by atoms with E-state index in [9.17, 15) is 18.0 Å². The van der Waals surface area contributed by atoms with Crippen molar-refractivity contribution in [1.82, 2.24) is 9.97 Å². The van der Waals surface area contributed by atoms with Crippen LogP contribution in [0.15, 0.2) is 28.7 Å². The number of hydrogen-bond acceptors (Lipinski definition) is 8. The number of anilines is 1. The fourth-order valence-corrected chi connectivity index (χ4v) is 5.46. The number of amidine groups is 1. The average Bonchev–Trinajstić information content (AvgIpc) is 3.17. The number of nitrogens with two attached hydrogens (primary N) is 1. The highest BCUT2D eigenvalue weighted by Crippen LogP contribution is 2.47. The lowest BCUT2D eigenvalue weighted by Crippen LogP contribution is -2.49. The van der Waals surface area contributed by atoms with Crippen molar-refractivity contribution in [3.8, 4) is 0 Å². The van der Waals surface area contributed by atoms with Crippen molar-refractivity contribution in [2.75, 3.05) is 17.7 Å². The molecular formula is C18H18F3N5O2S2. The van der Waals surface area contributed by atoms with Crippen molar-refractivity contribution in [1.29, 1.82) is 0 Å². The lowest BCUT2D eigenvalue weighted by atomic mass is 9.80. The Morgan fingerprint density at radius 2 is 2.20 bits per heavy atom. The van der Waals surface area contributed by atoms with Crippen LogP contribution in [0.4, 0.5) is 19.0 Å². The molecule has 0 saturated carbocycles. The molecule has 1 amide bonds. The summed E-state index contributed by atoms with van der Waals surface area (Å²) >= 11 is 2.84. The standard InChI is InChI=1S/C18H18F3N5O2S2/c1-9-4-11-6-30-16(22)26-17(11,8-28-9)15-25-13(7-29-15)24-14(27)12-3-2-10(5-23-12)18(19,20)21/h2-3,5,7,9,11H,4,6,8H2,1H3,(H2,22,26)(H,24,27)/t9-,11-,17-/m0/s1. The molecule has 0 unspecified atom stereocenters. The van der Waals surface area contributed by atoms with Gasteiger partial charge in [-0.3, -0.25) is 9.78 Å². The normalized spacial score (nSPS) is 26.6. The molecular weight excluding hydrogens is 439 g/mol. The second-order valence-corrected chi connectivity index (χ2v) is 9.06. The quantitative estimate of drug-likeness (QED) is 0.732. The summed E-state index contributed by atoms with van der Waals surface area (Å²) in [6.45, 7) is 2.36. The van der Waals surface area contributed by atoms with Crippen LogP contribution in [-0.4, -0.2) is 39.5 Å². The van der Waals surface area contributed by atoms with E-state index >= 15 is 0 Å². The number of pyridine rings is 1. The van der Waals surface area contributed by atoms with Crippen molar-refractivity contribution < 1.29 is 22.7 Å². The van der Waals surface area contributed by atoms with Crippen LogP contribution in [0.2, 0.25) is 0 Å². The van der Waals surface area contributed by atoms with E-state index in [1.54, 1.807) is 5.38 Å². The van der Waals surface area contributed by atoms with Gasteiger partial charge in [0.2, 0.25) is 0 Å². The van der Waals surface area contributed by atoms with Crippen molar-refractivity contribution in [2.45, 2.75) is 31.2 Å². The number of amides is 1. The highest BCUT2D eigenvalue weighted by molar-refractivity contribution is 8.13. The molecule has 0 bridgehead atoms. The number of rotatable bonds is 3. The molecule has 12 heteroatoms. The predicted molar refractivity (Wildman–Crippen MR) is 109 cm³/mol. The summed E-state index contributed by atoms with van der Waals surface area (Å²) in [6, 6.07) is 1.84. The van der Waals surface area contributed by atoms with Crippen LogP contribution in [0, 0.1) is 5.92 Å². The Balaban J connectivity index is 1.54. The number of nitrogens with one attached hydrogen (secondary N) is 1. The average molecular weight is 458 g/mol. The molecule has 0 radical (unpaired) electrons. The number of thioether (sulfide) groups is 1. The van der Waals surface area contributed by atoms with E-state index in [1.165, 1.54) is 23.1 Å². The van der Waals surface area contributed by atoms with E-state index in [4.69, 9.17) is 10.5 Å². The lowest BCUT2D eigenvalue weighted by Gasteiger charge is -2.44. The fraction of sp³-hybridized carbons (Fsp3) is 0.444. The first-order valence-corrected chi connectivity index (χ1v) is 10.9. The number of alkyl halides is 3. The fourth-order valence-electron chi connectivity index (χ4n) is 3.49. The number of carbonyl (C=O) groups excluding carboxylic acids is 1. The van der Waals surface area contributed by atoms with Crippen LogP contribution in [0.1, 0.15) is 34.4 Å². The van der Waals surface area contributed by atoms with Crippen LogP contribution in [0.5, 0.6) is 0 Å². The number of aliphatic imine (C=N–C) groups is 1. The minimum absolute atomic E-state index is 0.114. The van der Waals surface area contributed by atoms with Gasteiger partial charge in [0, 0.05) is 23.2 Å². The second kappa shape index (κ2) is 7.82. The molecule has 2 aromatic rings. The zero-order chi connectivity index (χ0) is 21.5. The number of hydrogen-bond donors (Lipinski definition) is 2. The van der Waals surface area contributed by atoms with Crippen LogP contribution in [0.3, 0.4) is 0 Å². The van der Waals surface area contributed by atoms with Gasteiger partial charge in [-0.05, 0) is 25.5 Å². The van der Waals surface area contributed by atoms with Crippen LogP contribution in [-0.2, 0) is 16.5 Å². The molecule has 2 aliphatic rings. The van der Waals surface area contributed by atoms with Gasteiger partial charge < -0.3 is 15.8 Å². The van der Waals surface area contributed by atoms with Crippen LogP contribution >= 0.6 is 23.1 Å². The van der Waals surface area contributed by atoms with Crippen molar-refractivity contribution in [3.63, 3.8) is 0 Å². The summed E-state index contributed by atoms with van der Waals surface area (Å²) in [5, 5.41) is 5.39. The Labute approximate surface area is 178 Å². The summed E-state index contributed by atoms with van der Waals surface area (Å²) in [5.41, 5.74) is 4.23. The predicted octanol–water partition coefficient (Wildman–Crippen LogP) is 3.49. The molecule has 1 fully saturated rings. The highest BCUT2D eigenvalue weighted by Gasteiger charge is 2.49. The largest absolute Gasteiger partial charge is 0.417 e. The van der Waals surface area contributed by atoms with Crippen LogP contribution < -0.4 is 11.1 Å². The van der Waals surface area contributed by atoms with Gasteiger partial charge in [0.25, 0.3) is 5.91 Å². The molecule has 2 aromatic heterocycles. The lowest BCUT2D eigenvalue weighted by molar-refractivity contribution is -0.137. The molecule has 160 valence electrons. The number of nitrogens with zero attached hydrogens (tertiary/aromatic N) is 3. The summed E-state index contributed by atoms with van der Waals surface area (Å²) in [7, 11) is 0. The van der Waals surface area contributed by atoms with Gasteiger partial charge in [-0.1, -0.05) is 11.8 Å². The summed E-state index contributed by atoms with van der Waals surface area (Å²) in [6.07, 6.45) is -2.95. The summed E-state index contributed by atoms with van der Waals surface area (Å²) < 4.78 is 43.8. The molecule has 0 spiro atoms. The number of thiazole rings is 1. The monoisotopic (exact) mass is 457 g/mol. The third-order valence-electron chi connectivity index (χ3n) is 5.06. The maximum Gasteiger partial charge on any atom is 0.417 e. The first-order chi connectivity index (χ1) is 14.2. The number of carbonyl (C=O) groups is 1. The van der Waals surface area contributed by atoms with Crippen LogP contribution in [0.25, 0.3) is 0 Å². The minimum atomic E-state index is -4.51. The SMILES string of the molecule is C[C@H]1C[C@H]2CSC(N)=N[C@@]2(c2nc(NC(=O)c3ccc(C(F)(F)F)cn3)cs2)CO1. The third-order valence-corrected chi connectivity index (χ3v) is 7.03. The molecule has 3 N–H and O–H groups in total. The molecule has 1 saturated heterocycles. The smallest absolute Gasteiger partial charge is 0.379 e. The highest BCUT2D eigenvalue weighted by atomic mass is 32.2. The molecule has 30 heavy (non-hydrogen) atoms. The molecule has 3 atom stereocenters. The first-order valence-electron chi connectivity index (χ1n) is 9.08. The van der Waals surface area contributed by atoms with E-state index in [0.29, 0.717) is 23.0 Å². The van der Waals surface area contributed by atoms with Gasteiger partial charge in [0.05, 0.1) is 18.3 Å². The van der Waals surface area contributed by atoms with Crippen molar-refractivity contribution >= 4 is 40.0 Å². The Hall–Kier alpha value is -2.18. The first kappa shape index (κ1) is 21.1. The van der Waals surface area contributed by atoms with E-state index in [2.05, 4.69) is 20.3 Å². The molecule has 0 aliphatic carbocycles. The van der Waals surface area contributed by atoms with E-state index in [-0.39, 0.29) is 23.5 Å². The Kier molecular flexibility index (Phi) is 5.49. The van der Waals surface area contributed by atoms with Gasteiger partial charge in [0.1, 0.15) is 22.1 Å². The molecule has 4 heterocycles. The van der Waals surface area contributed by atoms with Gasteiger partial charge in [-0.25, -0.2) is 9.98 Å². The molecule has 0 aromatic carbocycles.